The number of ether oxygens (including phenoxy) is 8. The van der Waals surface area contributed by atoms with Crippen LogP contribution in [0.25, 0.3) is 0 Å². The molecule has 4 saturated carbocycles. The number of hydrogen-bond acceptors (Lipinski definition) is 36. The van der Waals surface area contributed by atoms with Crippen molar-refractivity contribution in [2.45, 2.75) is 298 Å². The number of carboxylic acids is 1. The fourth-order valence-electron chi connectivity index (χ4n) is 16.7. The van der Waals surface area contributed by atoms with Crippen LogP contribution in [0, 0.1) is 33.8 Å². The molecule has 0 amide bonds. The number of nitro groups is 1. The monoisotopic (exact) mass is 2080 g/mol. The molecule has 35 nitrogen and oxygen atoms in total. The number of nitrogens with zero attached hydrogens (tertiary/aromatic N) is 15. The average molecular weight is 2080 g/mol. The number of esters is 4. The van der Waals surface area contributed by atoms with Gasteiger partial charge < -0.3 is 84.4 Å². The molecular formula is C94H146Cl4FN18NaO17S3. The van der Waals surface area contributed by atoms with Gasteiger partial charge in [0.15, 0.2) is 17.5 Å². The zero-order chi connectivity index (χ0) is 102. The van der Waals surface area contributed by atoms with Gasteiger partial charge >= 0.3 is 65.1 Å². The first-order chi connectivity index (χ1) is 65.1. The number of rotatable bonds is 38. The van der Waals surface area contributed by atoms with Gasteiger partial charge in [0.1, 0.15) is 0 Å². The SMILES string of the molecule is CCOC(C)=O.COC(=O)C[C@@H](C)c1cnc(N(CC(C)C)C2CCC(OC)CC2)c(N)c1.COC(=O)C[C@@H](C)c1cnc(N(CC(C)C)C2CCC(OC)CC2)c(Nc2nc(Cl)ns2)c1.COC(=O)C[C@@H](C)c1cnc(N(CC(C)C)C2CCC(OC)CC2)c([N+](=O)[O-])c1.COC1CCC(N(CC(C)C)c2ncc([C@H](C)CC(=O)O)cc2Nc2nc(Cl)ns2)CC1.Clc1nsc(Cl)n1.[2H]CF.[Na+].[OH-]. The second kappa shape index (κ2) is 65.6. The van der Waals surface area contributed by atoms with E-state index in [1.165, 1.54) is 51.3 Å². The molecule has 138 heavy (non-hydrogen) atoms. The van der Waals surface area contributed by atoms with E-state index in [2.05, 4.69) is 129 Å². The van der Waals surface area contributed by atoms with E-state index >= 15 is 0 Å². The Balaban J connectivity index is 0.000000450. The number of halogens is 5. The third kappa shape index (κ3) is 43.0. The summed E-state index contributed by atoms with van der Waals surface area (Å²) < 4.78 is 68.4. The van der Waals surface area contributed by atoms with Gasteiger partial charge in [-0.05, 0) is 255 Å². The number of hydrogen-bond donors (Lipinski definition) is 4. The number of anilines is 9. The Hall–Kier alpha value is -7.48. The third-order valence-electron chi connectivity index (χ3n) is 23.6. The number of nitrogens with one attached hydrogen (secondary N) is 2. The molecule has 4 aliphatic carbocycles. The van der Waals surface area contributed by atoms with Crippen molar-refractivity contribution < 1.29 is 113 Å². The summed E-state index contributed by atoms with van der Waals surface area (Å²) in [4.78, 5) is 108. The number of pyridine rings is 4. The van der Waals surface area contributed by atoms with E-state index in [-0.39, 0.29) is 134 Å². The van der Waals surface area contributed by atoms with Crippen molar-refractivity contribution in [2.75, 3.05) is 126 Å². The van der Waals surface area contributed by atoms with Crippen molar-refractivity contribution in [2.24, 2.45) is 23.7 Å². The van der Waals surface area contributed by atoms with Gasteiger partial charge in [0.25, 0.3) is 0 Å². The van der Waals surface area contributed by atoms with Gasteiger partial charge in [-0.3, -0.25) is 38.5 Å². The fraction of sp³-hybridized carbons (Fsp3) is 0.670. The van der Waals surface area contributed by atoms with E-state index in [4.69, 9.17) is 102 Å². The molecule has 44 heteroatoms. The number of carboxylic acid groups (broad SMARTS) is 1. The van der Waals surface area contributed by atoms with E-state index in [0.29, 0.717) is 118 Å². The first kappa shape index (κ1) is 123. The summed E-state index contributed by atoms with van der Waals surface area (Å²) >= 11 is 25.9. The second-order valence-electron chi connectivity index (χ2n) is 36.0. The minimum absolute atomic E-state index is 0. The first-order valence-corrected chi connectivity index (χ1v) is 50.1. The summed E-state index contributed by atoms with van der Waals surface area (Å²) in [5.41, 5.74) is 12.2. The molecule has 768 valence electrons. The van der Waals surface area contributed by atoms with Crippen LogP contribution in [0.4, 0.5) is 60.7 Å². The van der Waals surface area contributed by atoms with Crippen molar-refractivity contribution in [3.05, 3.63) is 102 Å². The standard InChI is InChI=1S/C23H34ClN5O3S.C22H32ClN5O3S.C21H33N3O5.C21H35N3O3.C4H8O2.C2Cl2N2S.CH3F.Na.H2O/c1-14(2)13-29(17-6-8-18(31-4)9-7-17)21-19(26-23-27-22(24)28-33-23)11-16(12-25-21)15(3)10-20(30)32-5;1-13(2)12-28(16-5-7-17(31-4)8-6-16)20-18(25-22-26-21(23)27-32-22)10-15(11-24-20)14(3)9-19(29)30;1-14(2)13-23(17-6-8-18(28-4)9-7-17)21-19(24(26)27)11-16(12-22-21)15(3)10-20(25)29-5;1-14(2)13-24(17-6-8-18(26-4)9-7-17)21-19(22)11-16(12-23-21)15(3)10-20(25)27-5;1-3-6-4(2)5;3-1-5-2(4)7-6-1;1-2;;/h11-12,14-15,17-18H,6-10,13H2,1-5H3,(H,26,27,28);10-11,13-14,16-17H,5-9,12H2,1-4H3,(H,29,30)(H,25,26,27);11-12,14-15,17-18H,6-10,13H2,1-5H3;11-12,14-15,17-18H,6-10,13,22H2,1-5H3;3H2,1-2H3;;1H3;;1H2/q;;;;;;;+1;/p-1/t15-,17?,18?;14-,16?,17?;2*15-,17?,18?;;;;;/m1111...../s1/i;;;;;;1D;;. The molecule has 0 bridgehead atoms. The van der Waals surface area contributed by atoms with E-state index in [9.17, 15) is 43.6 Å². The molecule has 0 unspecified atom stereocenters. The Morgan fingerprint density at radius 2 is 0.768 bits per heavy atom. The summed E-state index contributed by atoms with van der Waals surface area (Å²) in [6, 6.07) is 8.94. The minimum atomic E-state index is -1.00. The molecule has 0 aliphatic heterocycles. The molecule has 0 radical (unpaired) electrons. The Morgan fingerprint density at radius 1 is 0.486 bits per heavy atom. The Labute approximate surface area is 869 Å². The fourth-order valence-corrected chi connectivity index (χ4v) is 18.9. The number of nitrogens with two attached hydrogens (primary N) is 1. The topological polar surface area (TPSA) is 444 Å². The van der Waals surface area contributed by atoms with Gasteiger partial charge in [-0.25, -0.2) is 19.9 Å². The van der Waals surface area contributed by atoms with Crippen molar-refractivity contribution in [1.82, 2.24) is 48.0 Å². The Kier molecular flexibility index (Phi) is 58.4. The van der Waals surface area contributed by atoms with Gasteiger partial charge in [-0.2, -0.15) is 28.1 Å². The van der Waals surface area contributed by atoms with Crippen LogP contribution in [0.1, 0.15) is 273 Å². The van der Waals surface area contributed by atoms with Crippen LogP contribution in [0.15, 0.2) is 49.1 Å². The number of carbonyl (C=O) groups is 5. The molecule has 4 aliphatic rings. The van der Waals surface area contributed by atoms with Gasteiger partial charge in [0.2, 0.25) is 36.4 Å². The van der Waals surface area contributed by atoms with Crippen LogP contribution in [-0.2, 0) is 61.9 Å². The van der Waals surface area contributed by atoms with Crippen molar-refractivity contribution >= 4 is 167 Å². The van der Waals surface area contributed by atoms with Crippen molar-refractivity contribution in [3.8, 4) is 0 Å². The van der Waals surface area contributed by atoms with Crippen LogP contribution in [0.2, 0.25) is 20.3 Å². The minimum Gasteiger partial charge on any atom is -0.870 e. The van der Waals surface area contributed by atoms with Crippen molar-refractivity contribution in [3.63, 3.8) is 0 Å². The second-order valence-corrected chi connectivity index (χ2v) is 39.8. The number of alkyl halides is 1. The number of methoxy groups -OCH3 is 7. The van der Waals surface area contributed by atoms with E-state index in [0.717, 1.165) is 179 Å². The molecule has 11 rings (SSSR count). The van der Waals surface area contributed by atoms with Gasteiger partial charge in [0, 0.05) is 140 Å². The summed E-state index contributed by atoms with van der Waals surface area (Å²) in [6.07, 6.45) is 25.6. The number of nitrogen functional groups attached to an aromatic ring is 1. The predicted octanol–water partition coefficient (Wildman–Crippen LogP) is 18.4. The molecule has 4 fully saturated rings. The van der Waals surface area contributed by atoms with Crippen molar-refractivity contribution in [1.29, 1.82) is 0 Å². The maximum absolute atomic E-state index is 11.9. The van der Waals surface area contributed by atoms with E-state index in [1.54, 1.807) is 53.8 Å². The molecular weight excluding hydrogens is 1930 g/mol. The number of aliphatic carboxylic acids is 1. The zero-order valence-corrected chi connectivity index (χ0v) is 91.6. The van der Waals surface area contributed by atoms with Crippen LogP contribution in [0.5, 0.6) is 0 Å². The number of aromatic nitrogens is 10. The first-order valence-electron chi connectivity index (χ1n) is 47.0. The quantitative estimate of drug-likeness (QED) is 0.00918. The van der Waals surface area contributed by atoms with E-state index in [1.807, 2.05) is 52.2 Å². The molecule has 7 heterocycles. The summed E-state index contributed by atoms with van der Waals surface area (Å²) in [5.74, 6) is 2.54. The molecule has 7 aromatic rings. The summed E-state index contributed by atoms with van der Waals surface area (Å²) in [5, 5.41) is 29.6. The zero-order valence-electron chi connectivity index (χ0n) is 85.2. The average Bonchev–Trinajstić information content (AvgIpc) is 1.57. The summed E-state index contributed by atoms with van der Waals surface area (Å²) in [6.45, 7) is 32.3. The summed E-state index contributed by atoms with van der Waals surface area (Å²) in [7, 11) is 10.3. The maximum Gasteiger partial charge on any atom is 1.00 e. The number of carbonyl (C=O) groups excluding carboxylic acids is 4. The molecule has 0 spiro atoms. The van der Waals surface area contributed by atoms with Gasteiger partial charge in [-0.1, -0.05) is 83.1 Å². The van der Waals surface area contributed by atoms with E-state index < -0.39 is 13.1 Å². The normalized spacial score (nSPS) is 18.6. The molecule has 7 aromatic heterocycles. The maximum atomic E-state index is 11.9. The van der Waals surface area contributed by atoms with Crippen LogP contribution in [-0.4, -0.2) is 232 Å². The predicted molar refractivity (Wildman–Crippen MR) is 542 cm³/mol. The largest absolute Gasteiger partial charge is 1.00 e. The Morgan fingerprint density at radius 3 is 1.01 bits per heavy atom. The van der Waals surface area contributed by atoms with Gasteiger partial charge in [-0.15, -0.1) is 0 Å². The molecule has 0 aromatic carbocycles. The van der Waals surface area contributed by atoms with Crippen LogP contribution in [0.3, 0.4) is 0 Å². The van der Waals surface area contributed by atoms with Gasteiger partial charge in [0.05, 0.1) is 109 Å². The molecule has 4 atom stereocenters. The smallest absolute Gasteiger partial charge is 0.870 e. The van der Waals surface area contributed by atoms with Crippen LogP contribution < -0.4 is 65.5 Å². The third-order valence-corrected chi connectivity index (χ3v) is 26.5. The molecule has 6 N–H and O–H groups in total. The molecule has 0 saturated heterocycles. The van der Waals surface area contributed by atoms with Crippen LogP contribution >= 0.6 is 81.0 Å². The Bertz CT molecular complexity index is 4740.